The topological polar surface area (TPSA) is 80.0 Å². The van der Waals surface area contributed by atoms with E-state index in [4.69, 9.17) is 4.52 Å². The molecule has 0 unspecified atom stereocenters. The van der Waals surface area contributed by atoms with Gasteiger partial charge in [-0.05, 0) is 49.1 Å². The molecule has 2 aliphatic rings. The molecule has 0 atom stereocenters. The van der Waals surface area contributed by atoms with Gasteiger partial charge in [-0.1, -0.05) is 11.2 Å². The van der Waals surface area contributed by atoms with E-state index in [-0.39, 0.29) is 17.8 Å². The Morgan fingerprint density at radius 2 is 2.24 bits per heavy atom. The minimum atomic E-state index is -0.257. The normalized spacial score (nSPS) is 17.3. The molecule has 108 valence electrons. The molecule has 21 heavy (non-hydrogen) atoms. The molecule has 1 aliphatic carbocycles. The summed E-state index contributed by atoms with van der Waals surface area (Å²) in [6, 6.07) is 6.41. The SMILES string of the molecule is O=C(NC1CC1)c1noc(-c2ccc3c(c2)CNCC3)n1. The Kier molecular flexibility index (Phi) is 2.96. The van der Waals surface area contributed by atoms with Crippen LogP contribution in [0, 0.1) is 0 Å². The first-order chi connectivity index (χ1) is 10.3. The van der Waals surface area contributed by atoms with Gasteiger partial charge in [0.05, 0.1) is 0 Å². The van der Waals surface area contributed by atoms with Crippen LogP contribution in [0.2, 0.25) is 0 Å². The third kappa shape index (κ3) is 2.54. The number of benzene rings is 1. The van der Waals surface area contributed by atoms with Gasteiger partial charge in [-0.2, -0.15) is 4.98 Å². The average Bonchev–Trinajstić information content (AvgIpc) is 3.18. The molecule has 2 aromatic rings. The summed E-state index contributed by atoms with van der Waals surface area (Å²) in [5.74, 6) is 0.240. The van der Waals surface area contributed by atoms with Gasteiger partial charge in [0.25, 0.3) is 17.6 Å². The molecular weight excluding hydrogens is 268 g/mol. The highest BCUT2D eigenvalue weighted by molar-refractivity contribution is 5.91. The fourth-order valence-electron chi connectivity index (χ4n) is 2.52. The maximum atomic E-state index is 11.9. The molecular formula is C15H16N4O2. The van der Waals surface area contributed by atoms with Gasteiger partial charge in [-0.3, -0.25) is 4.79 Å². The number of hydrogen-bond acceptors (Lipinski definition) is 5. The van der Waals surface area contributed by atoms with Gasteiger partial charge in [0.2, 0.25) is 0 Å². The quantitative estimate of drug-likeness (QED) is 0.887. The van der Waals surface area contributed by atoms with Gasteiger partial charge < -0.3 is 15.2 Å². The lowest BCUT2D eigenvalue weighted by molar-refractivity contribution is 0.0937. The van der Waals surface area contributed by atoms with Crippen LogP contribution >= 0.6 is 0 Å². The predicted molar refractivity (Wildman–Crippen MR) is 75.6 cm³/mol. The second-order valence-electron chi connectivity index (χ2n) is 5.58. The van der Waals surface area contributed by atoms with E-state index >= 15 is 0 Å². The van der Waals surface area contributed by atoms with Crippen LogP contribution < -0.4 is 10.6 Å². The third-order valence-corrected chi connectivity index (χ3v) is 3.88. The smallest absolute Gasteiger partial charge is 0.292 e. The minimum Gasteiger partial charge on any atom is -0.346 e. The van der Waals surface area contributed by atoms with Crippen molar-refractivity contribution in [2.75, 3.05) is 6.54 Å². The number of hydrogen-bond donors (Lipinski definition) is 2. The Morgan fingerprint density at radius 1 is 1.33 bits per heavy atom. The average molecular weight is 284 g/mol. The predicted octanol–water partition coefficient (Wildman–Crippen LogP) is 1.27. The van der Waals surface area contributed by atoms with E-state index < -0.39 is 0 Å². The van der Waals surface area contributed by atoms with E-state index in [1.165, 1.54) is 11.1 Å². The van der Waals surface area contributed by atoms with Gasteiger partial charge in [0, 0.05) is 18.2 Å². The Labute approximate surface area is 121 Å². The number of fused-ring (bicyclic) bond motifs is 1. The number of carbonyl (C=O) groups excluding carboxylic acids is 1. The molecule has 0 saturated heterocycles. The van der Waals surface area contributed by atoms with Crippen molar-refractivity contribution in [1.82, 2.24) is 20.8 Å². The lowest BCUT2D eigenvalue weighted by Crippen LogP contribution is -2.26. The van der Waals surface area contributed by atoms with Gasteiger partial charge in [-0.15, -0.1) is 0 Å². The summed E-state index contributed by atoms with van der Waals surface area (Å²) in [7, 11) is 0. The van der Waals surface area contributed by atoms with Crippen LogP contribution in [-0.2, 0) is 13.0 Å². The largest absolute Gasteiger partial charge is 0.346 e. The first-order valence-electron chi connectivity index (χ1n) is 7.27. The highest BCUT2D eigenvalue weighted by Crippen LogP contribution is 2.23. The molecule has 1 saturated carbocycles. The van der Waals surface area contributed by atoms with Gasteiger partial charge in [0.1, 0.15) is 0 Å². The molecule has 1 aliphatic heterocycles. The molecule has 1 fully saturated rings. The van der Waals surface area contributed by atoms with E-state index in [1.807, 2.05) is 6.07 Å². The maximum absolute atomic E-state index is 11.9. The lowest BCUT2D eigenvalue weighted by Gasteiger charge is -2.16. The van der Waals surface area contributed by atoms with Crippen molar-refractivity contribution in [3.8, 4) is 11.5 Å². The van der Waals surface area contributed by atoms with Gasteiger partial charge in [-0.25, -0.2) is 0 Å². The zero-order chi connectivity index (χ0) is 14.2. The van der Waals surface area contributed by atoms with Crippen molar-refractivity contribution in [3.05, 3.63) is 35.2 Å². The highest BCUT2D eigenvalue weighted by Gasteiger charge is 2.26. The van der Waals surface area contributed by atoms with Gasteiger partial charge >= 0.3 is 0 Å². The Hall–Kier alpha value is -2.21. The summed E-state index contributed by atoms with van der Waals surface area (Å²) in [6.45, 7) is 1.87. The summed E-state index contributed by atoms with van der Waals surface area (Å²) in [5.41, 5.74) is 3.46. The molecule has 4 rings (SSSR count). The molecule has 0 bridgehead atoms. The van der Waals surface area contributed by atoms with Gasteiger partial charge in [0.15, 0.2) is 0 Å². The van der Waals surface area contributed by atoms with Crippen LogP contribution in [-0.4, -0.2) is 28.6 Å². The van der Waals surface area contributed by atoms with Crippen LogP contribution in [0.1, 0.15) is 34.6 Å². The van der Waals surface area contributed by atoms with E-state index in [2.05, 4.69) is 32.9 Å². The molecule has 1 amide bonds. The minimum absolute atomic E-state index is 0.104. The second kappa shape index (κ2) is 4.96. The number of nitrogens with one attached hydrogen (secondary N) is 2. The zero-order valence-corrected chi connectivity index (χ0v) is 11.6. The third-order valence-electron chi connectivity index (χ3n) is 3.88. The van der Waals surface area contributed by atoms with Crippen LogP contribution in [0.15, 0.2) is 22.7 Å². The monoisotopic (exact) mass is 284 g/mol. The molecule has 1 aromatic heterocycles. The summed E-state index contributed by atoms with van der Waals surface area (Å²) in [4.78, 5) is 16.1. The summed E-state index contributed by atoms with van der Waals surface area (Å²) < 4.78 is 5.22. The number of amides is 1. The zero-order valence-electron chi connectivity index (χ0n) is 11.6. The van der Waals surface area contributed by atoms with Crippen LogP contribution in [0.25, 0.3) is 11.5 Å². The van der Waals surface area contributed by atoms with Crippen molar-refractivity contribution in [3.63, 3.8) is 0 Å². The number of aromatic nitrogens is 2. The fraction of sp³-hybridized carbons (Fsp3) is 0.400. The fourth-order valence-corrected chi connectivity index (χ4v) is 2.52. The highest BCUT2D eigenvalue weighted by atomic mass is 16.5. The Morgan fingerprint density at radius 3 is 3.10 bits per heavy atom. The maximum Gasteiger partial charge on any atom is 0.292 e. The molecule has 6 nitrogen and oxygen atoms in total. The first-order valence-corrected chi connectivity index (χ1v) is 7.27. The lowest BCUT2D eigenvalue weighted by atomic mass is 9.98. The number of carbonyl (C=O) groups is 1. The number of rotatable bonds is 3. The molecule has 6 heteroatoms. The van der Waals surface area contributed by atoms with Crippen LogP contribution in [0.3, 0.4) is 0 Å². The molecule has 1 aromatic carbocycles. The van der Waals surface area contributed by atoms with Crippen molar-refractivity contribution >= 4 is 5.91 Å². The van der Waals surface area contributed by atoms with Crippen molar-refractivity contribution in [2.45, 2.75) is 31.8 Å². The van der Waals surface area contributed by atoms with E-state index in [0.717, 1.165) is 37.9 Å². The molecule has 0 radical (unpaired) electrons. The summed E-state index contributed by atoms with van der Waals surface area (Å²) >= 11 is 0. The van der Waals surface area contributed by atoms with E-state index in [0.29, 0.717) is 5.89 Å². The van der Waals surface area contributed by atoms with E-state index in [9.17, 15) is 4.79 Å². The van der Waals surface area contributed by atoms with Crippen molar-refractivity contribution in [2.24, 2.45) is 0 Å². The van der Waals surface area contributed by atoms with E-state index in [1.54, 1.807) is 0 Å². The molecule has 2 N–H and O–H groups in total. The Bertz CT molecular complexity index is 691. The Balaban J connectivity index is 1.58. The second-order valence-corrected chi connectivity index (χ2v) is 5.58. The van der Waals surface area contributed by atoms with Crippen LogP contribution in [0.5, 0.6) is 0 Å². The van der Waals surface area contributed by atoms with Crippen molar-refractivity contribution < 1.29 is 9.32 Å². The molecule has 0 spiro atoms. The number of nitrogens with zero attached hydrogens (tertiary/aromatic N) is 2. The summed E-state index contributed by atoms with van der Waals surface area (Å²) in [6.07, 6.45) is 3.11. The van der Waals surface area contributed by atoms with Crippen molar-refractivity contribution in [1.29, 1.82) is 0 Å². The molecule has 2 heterocycles. The first kappa shape index (κ1) is 12.5. The van der Waals surface area contributed by atoms with Crippen LogP contribution in [0.4, 0.5) is 0 Å². The summed E-state index contributed by atoms with van der Waals surface area (Å²) in [5, 5.41) is 9.96. The standard InChI is InChI=1S/C15H16N4O2/c20-14(17-12-3-4-12)13-18-15(21-19-13)10-2-1-9-5-6-16-8-11(9)7-10/h1-2,7,12,16H,3-6,8H2,(H,17,20).